The summed E-state index contributed by atoms with van der Waals surface area (Å²) in [6, 6.07) is 3.70. The molecule has 0 aromatic carbocycles. The van der Waals surface area contributed by atoms with Gasteiger partial charge in [0.15, 0.2) is 0 Å². The first-order chi connectivity index (χ1) is 13.5. The zero-order valence-electron chi connectivity index (χ0n) is 15.8. The molecule has 0 bridgehead atoms. The number of rotatable bonds is 7. The van der Waals surface area contributed by atoms with Crippen LogP contribution >= 0.6 is 34.7 Å². The fourth-order valence-corrected chi connectivity index (χ4v) is 4.84. The smallest absolute Gasteiger partial charge is 0.341 e. The largest absolute Gasteiger partial charge is 0.462 e. The Morgan fingerprint density at radius 3 is 2.93 bits per heavy atom. The predicted molar refractivity (Wildman–Crippen MR) is 116 cm³/mol. The van der Waals surface area contributed by atoms with Crippen LogP contribution in [0.4, 0.5) is 10.7 Å². The SMILES string of the molecule is CCOC(=O)c1c(NC(=O)CCSC)sc2c1CCN(c1ccc(Cl)nc1)C2. The average molecular weight is 440 g/mol. The standard InChI is InChI=1S/C19H22ClN3O3S2/c1-3-26-19(25)17-13-6-8-23(12-4-5-15(20)21-10-12)11-14(13)28-18(17)22-16(24)7-9-27-2/h4-5,10H,3,6-9,11H2,1-2H3,(H,22,24). The number of hydrogen-bond acceptors (Lipinski definition) is 7. The van der Waals surface area contributed by atoms with E-state index in [-0.39, 0.29) is 11.9 Å². The van der Waals surface area contributed by atoms with Crippen molar-refractivity contribution in [3.63, 3.8) is 0 Å². The summed E-state index contributed by atoms with van der Waals surface area (Å²) in [4.78, 5) is 32.2. The molecule has 0 radical (unpaired) electrons. The van der Waals surface area contributed by atoms with E-state index < -0.39 is 0 Å². The number of nitrogens with zero attached hydrogens (tertiary/aromatic N) is 2. The molecule has 9 heteroatoms. The molecule has 0 atom stereocenters. The maximum Gasteiger partial charge on any atom is 0.341 e. The monoisotopic (exact) mass is 439 g/mol. The van der Waals surface area contributed by atoms with Gasteiger partial charge in [0.1, 0.15) is 10.2 Å². The molecule has 6 nitrogen and oxygen atoms in total. The van der Waals surface area contributed by atoms with Gasteiger partial charge < -0.3 is 15.0 Å². The Hall–Kier alpha value is -1.77. The molecule has 0 saturated carbocycles. The summed E-state index contributed by atoms with van der Waals surface area (Å²) in [5, 5.41) is 3.97. The van der Waals surface area contributed by atoms with E-state index in [4.69, 9.17) is 16.3 Å². The molecule has 1 aliphatic heterocycles. The van der Waals surface area contributed by atoms with Crippen LogP contribution < -0.4 is 10.2 Å². The van der Waals surface area contributed by atoms with Gasteiger partial charge in [0, 0.05) is 23.6 Å². The topological polar surface area (TPSA) is 71.5 Å². The second kappa shape index (κ2) is 9.62. The molecule has 28 heavy (non-hydrogen) atoms. The number of anilines is 2. The number of thiophene rings is 1. The molecule has 3 rings (SSSR count). The van der Waals surface area contributed by atoms with Gasteiger partial charge in [-0.25, -0.2) is 9.78 Å². The molecule has 1 N–H and O–H groups in total. The van der Waals surface area contributed by atoms with Gasteiger partial charge >= 0.3 is 5.97 Å². The number of halogens is 1. The molecule has 1 amide bonds. The second-order valence-electron chi connectivity index (χ2n) is 6.23. The molecule has 2 aromatic heterocycles. The van der Waals surface area contributed by atoms with Crippen molar-refractivity contribution in [1.82, 2.24) is 4.98 Å². The van der Waals surface area contributed by atoms with E-state index in [2.05, 4.69) is 15.2 Å². The first kappa shape index (κ1) is 21.0. The van der Waals surface area contributed by atoms with E-state index in [1.807, 2.05) is 12.3 Å². The maximum atomic E-state index is 12.6. The first-order valence-corrected chi connectivity index (χ1v) is 11.6. The van der Waals surface area contributed by atoms with Gasteiger partial charge in [-0.2, -0.15) is 11.8 Å². The van der Waals surface area contributed by atoms with Crippen molar-refractivity contribution in [2.45, 2.75) is 26.3 Å². The molecule has 0 fully saturated rings. The Kier molecular flexibility index (Phi) is 7.20. The Balaban J connectivity index is 1.87. The Morgan fingerprint density at radius 1 is 1.43 bits per heavy atom. The summed E-state index contributed by atoms with van der Waals surface area (Å²) < 4.78 is 5.25. The average Bonchev–Trinajstić information content (AvgIpc) is 3.04. The van der Waals surface area contributed by atoms with Gasteiger partial charge in [0.25, 0.3) is 0 Å². The van der Waals surface area contributed by atoms with Crippen molar-refractivity contribution in [1.29, 1.82) is 0 Å². The highest BCUT2D eigenvalue weighted by atomic mass is 35.5. The number of nitrogens with one attached hydrogen (secondary N) is 1. The number of carbonyl (C=O) groups excluding carboxylic acids is 2. The lowest BCUT2D eigenvalue weighted by Gasteiger charge is -2.28. The van der Waals surface area contributed by atoms with Crippen molar-refractivity contribution in [3.05, 3.63) is 39.5 Å². The minimum Gasteiger partial charge on any atom is -0.462 e. The van der Waals surface area contributed by atoms with Crippen molar-refractivity contribution in [2.75, 3.05) is 35.4 Å². The molecule has 0 unspecified atom stereocenters. The minimum atomic E-state index is -0.373. The van der Waals surface area contributed by atoms with Crippen molar-refractivity contribution in [3.8, 4) is 0 Å². The third-order valence-electron chi connectivity index (χ3n) is 4.40. The van der Waals surface area contributed by atoms with Crippen LogP contribution in [0.2, 0.25) is 5.15 Å². The Labute approximate surface area is 177 Å². The van der Waals surface area contributed by atoms with Crippen molar-refractivity contribution in [2.24, 2.45) is 0 Å². The lowest BCUT2D eigenvalue weighted by atomic mass is 10.0. The number of hydrogen-bond donors (Lipinski definition) is 1. The Morgan fingerprint density at radius 2 is 2.25 bits per heavy atom. The summed E-state index contributed by atoms with van der Waals surface area (Å²) in [5.74, 6) is 0.280. The fourth-order valence-electron chi connectivity index (χ4n) is 3.07. The first-order valence-electron chi connectivity index (χ1n) is 9.00. The highest BCUT2D eigenvalue weighted by Crippen LogP contribution is 2.38. The summed E-state index contributed by atoms with van der Waals surface area (Å²) in [7, 11) is 0. The highest BCUT2D eigenvalue weighted by molar-refractivity contribution is 7.98. The third kappa shape index (κ3) is 4.79. The van der Waals surface area contributed by atoms with Gasteiger partial charge in [-0.05, 0) is 37.3 Å². The summed E-state index contributed by atoms with van der Waals surface area (Å²) in [5.41, 5.74) is 2.46. The Bertz CT molecular complexity index is 855. The normalized spacial score (nSPS) is 13.2. The minimum absolute atomic E-state index is 0.0859. The number of esters is 1. The van der Waals surface area contributed by atoms with E-state index >= 15 is 0 Å². The van der Waals surface area contributed by atoms with E-state index in [1.165, 1.54) is 11.3 Å². The summed E-state index contributed by atoms with van der Waals surface area (Å²) >= 11 is 8.95. The molecule has 1 aliphatic rings. The van der Waals surface area contributed by atoms with Crippen LogP contribution in [-0.2, 0) is 22.5 Å². The van der Waals surface area contributed by atoms with Gasteiger partial charge in [0.05, 0.1) is 30.6 Å². The van der Waals surface area contributed by atoms with Crippen LogP contribution in [0.25, 0.3) is 0 Å². The lowest BCUT2D eigenvalue weighted by molar-refractivity contribution is -0.115. The van der Waals surface area contributed by atoms with Crippen LogP contribution in [-0.4, -0.2) is 42.0 Å². The van der Waals surface area contributed by atoms with E-state index in [1.54, 1.807) is 30.9 Å². The van der Waals surface area contributed by atoms with E-state index in [9.17, 15) is 9.59 Å². The number of carbonyl (C=O) groups is 2. The number of ether oxygens (including phenoxy) is 1. The number of amides is 1. The van der Waals surface area contributed by atoms with Crippen molar-refractivity contribution < 1.29 is 14.3 Å². The number of thioether (sulfide) groups is 1. The van der Waals surface area contributed by atoms with Crippen LogP contribution in [0, 0.1) is 0 Å². The van der Waals surface area contributed by atoms with Crippen LogP contribution in [0.15, 0.2) is 18.3 Å². The second-order valence-corrected chi connectivity index (χ2v) is 8.71. The number of pyridine rings is 1. The molecular formula is C19H22ClN3O3S2. The summed E-state index contributed by atoms with van der Waals surface area (Å²) in [6.45, 7) is 3.48. The van der Waals surface area contributed by atoms with Gasteiger partial charge in [-0.3, -0.25) is 4.79 Å². The predicted octanol–water partition coefficient (Wildman–Crippen LogP) is 4.23. The zero-order valence-corrected chi connectivity index (χ0v) is 18.2. The maximum absolute atomic E-state index is 12.6. The molecule has 0 spiro atoms. The molecule has 0 saturated heterocycles. The number of fused-ring (bicyclic) bond motifs is 1. The third-order valence-corrected chi connectivity index (χ3v) is 6.37. The summed E-state index contributed by atoms with van der Waals surface area (Å²) in [6.07, 6.45) is 4.82. The van der Waals surface area contributed by atoms with Gasteiger partial charge in [-0.1, -0.05) is 11.6 Å². The van der Waals surface area contributed by atoms with E-state index in [0.717, 1.165) is 28.4 Å². The molecule has 0 aliphatic carbocycles. The number of aromatic nitrogens is 1. The quantitative estimate of drug-likeness (QED) is 0.514. The van der Waals surface area contributed by atoms with Crippen LogP contribution in [0.1, 0.15) is 34.1 Å². The molecule has 2 aromatic rings. The van der Waals surface area contributed by atoms with Gasteiger partial charge in [0.2, 0.25) is 5.91 Å². The van der Waals surface area contributed by atoms with Gasteiger partial charge in [-0.15, -0.1) is 11.3 Å². The van der Waals surface area contributed by atoms with Crippen molar-refractivity contribution >= 4 is 57.3 Å². The molecular weight excluding hydrogens is 418 g/mol. The lowest BCUT2D eigenvalue weighted by Crippen LogP contribution is -2.30. The van der Waals surface area contributed by atoms with Crippen LogP contribution in [0.3, 0.4) is 0 Å². The molecule has 3 heterocycles. The van der Waals surface area contributed by atoms with E-state index in [0.29, 0.717) is 41.7 Å². The highest BCUT2D eigenvalue weighted by Gasteiger charge is 2.29. The van der Waals surface area contributed by atoms with Crippen LogP contribution in [0.5, 0.6) is 0 Å². The zero-order chi connectivity index (χ0) is 20.1. The molecule has 150 valence electrons. The fraction of sp³-hybridized carbons (Fsp3) is 0.421.